The highest BCUT2D eigenvalue weighted by molar-refractivity contribution is 5.50. The lowest BCUT2D eigenvalue weighted by Gasteiger charge is -2.22. The molecular formula is C11H20Br2N4. The topological polar surface area (TPSA) is 20.0 Å². The van der Waals surface area contributed by atoms with Crippen molar-refractivity contribution in [3.05, 3.63) is 24.8 Å². The molecule has 6 heteroatoms. The van der Waals surface area contributed by atoms with E-state index in [0.717, 1.165) is 17.7 Å². The highest BCUT2D eigenvalue weighted by atomic mass is 79.9. The third-order valence-corrected chi connectivity index (χ3v) is 2.98. The van der Waals surface area contributed by atoms with E-state index in [9.17, 15) is 0 Å². The Morgan fingerprint density at radius 1 is 1.41 bits per heavy atom. The van der Waals surface area contributed by atoms with E-state index in [1.165, 1.54) is 13.0 Å². The lowest BCUT2D eigenvalue weighted by Crippen LogP contribution is -3.07. The van der Waals surface area contributed by atoms with Gasteiger partial charge in [0.05, 0.1) is 32.5 Å². The number of aliphatic imine (C=N–C) groups is 1. The summed E-state index contributed by atoms with van der Waals surface area (Å²) in [5, 5.41) is 0. The first-order chi connectivity index (χ1) is 7.18. The number of rotatable bonds is 4. The zero-order valence-corrected chi connectivity index (χ0v) is 13.5. The van der Waals surface area contributed by atoms with Crippen LogP contribution in [-0.4, -0.2) is 49.6 Å². The quantitative estimate of drug-likeness (QED) is 0.490. The van der Waals surface area contributed by atoms with Crippen LogP contribution in [0.1, 0.15) is 6.42 Å². The number of hydrogen-bond acceptors (Lipinski definition) is 2. The molecule has 98 valence electrons. The van der Waals surface area contributed by atoms with Crippen LogP contribution in [0.3, 0.4) is 0 Å². The highest BCUT2D eigenvalue weighted by Crippen LogP contribution is 2.06. The van der Waals surface area contributed by atoms with Gasteiger partial charge in [0.2, 0.25) is 0 Å². The summed E-state index contributed by atoms with van der Waals surface area (Å²) in [5.74, 6) is 0. The molecule has 2 aliphatic rings. The second-order valence-corrected chi connectivity index (χ2v) is 4.63. The second kappa shape index (κ2) is 7.31. The molecule has 0 saturated carbocycles. The van der Waals surface area contributed by atoms with Gasteiger partial charge in [0, 0.05) is 13.5 Å². The molecule has 2 aliphatic heterocycles. The van der Waals surface area contributed by atoms with E-state index < -0.39 is 0 Å². The van der Waals surface area contributed by atoms with Crippen molar-refractivity contribution in [2.45, 2.75) is 6.42 Å². The molecule has 2 atom stereocenters. The Kier molecular flexibility index (Phi) is 7.23. The van der Waals surface area contributed by atoms with Gasteiger partial charge in [0.15, 0.2) is 13.0 Å². The first-order valence-electron chi connectivity index (χ1n) is 5.48. The Balaban J connectivity index is 0.00000128. The van der Waals surface area contributed by atoms with Crippen LogP contribution in [0.15, 0.2) is 29.8 Å². The fourth-order valence-corrected chi connectivity index (χ4v) is 2.02. The van der Waals surface area contributed by atoms with Gasteiger partial charge in [-0.3, -0.25) is 9.38 Å². The monoisotopic (exact) mass is 366 g/mol. The van der Waals surface area contributed by atoms with E-state index in [-0.39, 0.29) is 34.0 Å². The maximum Gasteiger partial charge on any atom is 0.194 e. The van der Waals surface area contributed by atoms with Gasteiger partial charge in [-0.15, -0.1) is 0 Å². The summed E-state index contributed by atoms with van der Waals surface area (Å²) in [6, 6.07) is 0. The third kappa shape index (κ3) is 4.91. The number of quaternary nitrogens is 2. The molecule has 4 nitrogen and oxygen atoms in total. The van der Waals surface area contributed by atoms with Crippen molar-refractivity contribution < 1.29 is 43.3 Å². The van der Waals surface area contributed by atoms with Gasteiger partial charge in [-0.25, -0.2) is 4.99 Å². The van der Waals surface area contributed by atoms with E-state index in [4.69, 9.17) is 0 Å². The largest absolute Gasteiger partial charge is 1.00 e. The van der Waals surface area contributed by atoms with Crippen LogP contribution < -0.4 is 38.9 Å². The molecule has 0 bridgehead atoms. The fraction of sp³-hybridized carbons (Fsp3) is 0.545. The molecule has 1 N–H and O–H groups in total. The van der Waals surface area contributed by atoms with E-state index >= 15 is 0 Å². The Hall–Kier alpha value is -0.170. The van der Waals surface area contributed by atoms with Crippen molar-refractivity contribution in [2.75, 3.05) is 33.9 Å². The van der Waals surface area contributed by atoms with Crippen molar-refractivity contribution in [1.82, 2.24) is 4.90 Å². The molecular weight excluding hydrogens is 348 g/mol. The molecule has 0 aromatic rings. The summed E-state index contributed by atoms with van der Waals surface area (Å²) in [6.07, 6.45) is 11.6. The van der Waals surface area contributed by atoms with Crippen molar-refractivity contribution >= 4 is 6.34 Å². The van der Waals surface area contributed by atoms with Gasteiger partial charge in [0.25, 0.3) is 0 Å². The summed E-state index contributed by atoms with van der Waals surface area (Å²) in [7, 11) is 4.31. The molecule has 2 rings (SSSR count). The van der Waals surface area contributed by atoms with Crippen molar-refractivity contribution in [3.63, 3.8) is 0 Å². The first-order valence-corrected chi connectivity index (χ1v) is 5.48. The Morgan fingerprint density at radius 3 is 2.71 bits per heavy atom. The van der Waals surface area contributed by atoms with Gasteiger partial charge >= 0.3 is 0 Å². The molecule has 0 aromatic carbocycles. The number of nitrogens with zero attached hydrogens (tertiary/aromatic N) is 3. The molecule has 0 spiro atoms. The summed E-state index contributed by atoms with van der Waals surface area (Å²) >= 11 is 0. The van der Waals surface area contributed by atoms with Crippen LogP contribution >= 0.6 is 0 Å². The average Bonchev–Trinajstić information content (AvgIpc) is 2.76. The maximum atomic E-state index is 4.14. The van der Waals surface area contributed by atoms with Gasteiger partial charge in [-0.1, -0.05) is 0 Å². The minimum absolute atomic E-state index is 0. The molecule has 17 heavy (non-hydrogen) atoms. The minimum atomic E-state index is 0. The minimum Gasteiger partial charge on any atom is -1.00 e. The predicted molar refractivity (Wildman–Crippen MR) is 60.9 cm³/mol. The van der Waals surface area contributed by atoms with Crippen LogP contribution in [0, 0.1) is 0 Å². The Morgan fingerprint density at radius 2 is 2.18 bits per heavy atom. The fourth-order valence-electron chi connectivity index (χ4n) is 2.02. The highest BCUT2D eigenvalue weighted by Gasteiger charge is 2.21. The zero-order valence-electron chi connectivity index (χ0n) is 10.3. The van der Waals surface area contributed by atoms with Crippen LogP contribution in [0.4, 0.5) is 0 Å². The molecule has 0 saturated heterocycles. The van der Waals surface area contributed by atoms with E-state index in [2.05, 4.69) is 42.6 Å². The van der Waals surface area contributed by atoms with E-state index in [0.29, 0.717) is 0 Å². The van der Waals surface area contributed by atoms with Gasteiger partial charge in [-0.05, 0) is 0 Å². The molecule has 0 amide bonds. The zero-order chi connectivity index (χ0) is 10.7. The smallest absolute Gasteiger partial charge is 0.194 e. The van der Waals surface area contributed by atoms with Gasteiger partial charge < -0.3 is 38.9 Å². The van der Waals surface area contributed by atoms with E-state index in [1.54, 1.807) is 4.90 Å². The molecule has 0 aromatic heterocycles. The maximum absolute atomic E-state index is 4.14. The van der Waals surface area contributed by atoms with Crippen molar-refractivity contribution in [2.24, 2.45) is 4.99 Å². The van der Waals surface area contributed by atoms with Crippen LogP contribution in [-0.2, 0) is 0 Å². The molecule has 2 unspecified atom stereocenters. The SMILES string of the molecule is CN1C=C[NH+](CCC[N+]2(C)C=CN=C2)C1.[Br-].[Br-]. The lowest BCUT2D eigenvalue weighted by molar-refractivity contribution is -0.853. The molecule has 2 heterocycles. The van der Waals surface area contributed by atoms with Crippen molar-refractivity contribution in [3.8, 4) is 0 Å². The van der Waals surface area contributed by atoms with Crippen LogP contribution in [0.2, 0.25) is 0 Å². The number of halogens is 2. The number of hydrogen-bond donors (Lipinski definition) is 1. The van der Waals surface area contributed by atoms with Crippen molar-refractivity contribution in [1.29, 1.82) is 0 Å². The summed E-state index contributed by atoms with van der Waals surface area (Å²) < 4.78 is 0.854. The van der Waals surface area contributed by atoms with E-state index in [1.807, 2.05) is 12.5 Å². The normalized spacial score (nSPS) is 29.3. The summed E-state index contributed by atoms with van der Waals surface area (Å²) in [4.78, 5) is 7.91. The number of nitrogens with one attached hydrogen (secondary N) is 1. The summed E-state index contributed by atoms with van der Waals surface area (Å²) in [5.41, 5.74) is 0. The molecule has 0 fully saturated rings. The average molecular weight is 368 g/mol. The molecule has 0 aliphatic carbocycles. The van der Waals surface area contributed by atoms with Crippen LogP contribution in [0.5, 0.6) is 0 Å². The Bertz CT molecular complexity index is 303. The van der Waals surface area contributed by atoms with Gasteiger partial charge in [-0.2, -0.15) is 0 Å². The third-order valence-electron chi connectivity index (χ3n) is 2.98. The van der Waals surface area contributed by atoms with Gasteiger partial charge in [0.1, 0.15) is 12.4 Å². The lowest BCUT2D eigenvalue weighted by atomic mass is 10.3. The van der Waals surface area contributed by atoms with Crippen LogP contribution in [0.25, 0.3) is 0 Å². The second-order valence-electron chi connectivity index (χ2n) is 4.63. The standard InChI is InChI=1S/C11H19N4.2BrH/c1-13-6-7-14(11-13)5-3-8-15(2)9-4-12-10-15;;/h4,6-7,9-10H,3,5,8,11H2,1-2H3;2*1H/q+1;;/p-1. The predicted octanol–water partition coefficient (Wildman–Crippen LogP) is -6.40. The first kappa shape index (κ1) is 16.8. The summed E-state index contributed by atoms with van der Waals surface area (Å²) in [6.45, 7) is 3.45. The Labute approximate surface area is 124 Å². The molecule has 0 radical (unpaired) electrons.